The molecule has 0 fully saturated rings. The number of hydrogen-bond acceptors (Lipinski definition) is 6. The number of aromatic hydroxyl groups is 1. The largest absolute Gasteiger partial charge is 0.493 e. The van der Waals surface area contributed by atoms with Crippen LogP contribution in [0.5, 0.6) is 11.6 Å². The third kappa shape index (κ3) is 3.25. The Kier molecular flexibility index (Phi) is 4.66. The Morgan fingerprint density at radius 3 is 2.73 bits per heavy atom. The highest BCUT2D eigenvalue weighted by Gasteiger charge is 2.21. The van der Waals surface area contributed by atoms with Gasteiger partial charge in [0.1, 0.15) is 11.6 Å². The highest BCUT2D eigenvalue weighted by Crippen LogP contribution is 2.30. The van der Waals surface area contributed by atoms with Crippen molar-refractivity contribution in [1.82, 2.24) is 9.97 Å². The van der Waals surface area contributed by atoms with Crippen molar-refractivity contribution in [3.63, 3.8) is 0 Å². The van der Waals surface area contributed by atoms with E-state index in [9.17, 15) is 20.0 Å². The molecular formula is C18H15N3O5. The van der Waals surface area contributed by atoms with E-state index in [4.69, 9.17) is 4.74 Å². The molecule has 0 bridgehead atoms. The predicted molar refractivity (Wildman–Crippen MR) is 97.2 cm³/mol. The Bertz CT molecular complexity index is 1070. The van der Waals surface area contributed by atoms with Crippen LogP contribution in [-0.4, -0.2) is 26.6 Å². The van der Waals surface area contributed by atoms with Crippen molar-refractivity contribution in [3.8, 4) is 11.6 Å². The summed E-state index contributed by atoms with van der Waals surface area (Å²) in [7, 11) is 0. The fourth-order valence-electron chi connectivity index (χ4n) is 2.61. The first-order valence-corrected chi connectivity index (χ1v) is 7.81. The molecule has 0 aliphatic heterocycles. The van der Waals surface area contributed by atoms with Gasteiger partial charge in [-0.05, 0) is 35.9 Å². The van der Waals surface area contributed by atoms with Crippen LogP contribution >= 0.6 is 0 Å². The van der Waals surface area contributed by atoms with Gasteiger partial charge in [0.2, 0.25) is 0 Å². The monoisotopic (exact) mass is 353 g/mol. The van der Waals surface area contributed by atoms with Crippen LogP contribution in [0, 0.1) is 10.1 Å². The van der Waals surface area contributed by atoms with E-state index in [0.29, 0.717) is 12.4 Å². The van der Waals surface area contributed by atoms with E-state index < -0.39 is 22.0 Å². The molecule has 0 unspecified atom stereocenters. The van der Waals surface area contributed by atoms with Crippen LogP contribution in [0.3, 0.4) is 0 Å². The molecule has 3 aromatic rings. The summed E-state index contributed by atoms with van der Waals surface area (Å²) >= 11 is 0. The molecule has 0 amide bonds. The normalized spacial score (nSPS) is 11.1. The fourth-order valence-corrected chi connectivity index (χ4v) is 2.61. The lowest BCUT2D eigenvalue weighted by molar-refractivity contribution is -0.387. The fraction of sp³-hybridized carbons (Fsp3) is 0.111. The summed E-state index contributed by atoms with van der Waals surface area (Å²) in [6.45, 7) is 2.35. The van der Waals surface area contributed by atoms with Crippen LogP contribution in [0.2, 0.25) is 0 Å². The quantitative estimate of drug-likeness (QED) is 0.537. The summed E-state index contributed by atoms with van der Waals surface area (Å²) < 4.78 is 5.65. The van der Waals surface area contributed by atoms with Crippen molar-refractivity contribution < 1.29 is 14.8 Å². The zero-order valence-electron chi connectivity index (χ0n) is 13.8. The number of fused-ring (bicyclic) bond motifs is 1. The molecule has 0 aliphatic carbocycles. The van der Waals surface area contributed by atoms with Gasteiger partial charge in [-0.3, -0.25) is 14.9 Å². The molecule has 132 valence electrons. The number of hydrogen-bond donors (Lipinski definition) is 2. The van der Waals surface area contributed by atoms with E-state index in [1.807, 2.05) is 43.3 Å². The van der Waals surface area contributed by atoms with E-state index >= 15 is 0 Å². The molecule has 26 heavy (non-hydrogen) atoms. The van der Waals surface area contributed by atoms with E-state index in [2.05, 4.69) is 9.97 Å². The van der Waals surface area contributed by atoms with Crippen LogP contribution in [0.15, 0.2) is 41.2 Å². The van der Waals surface area contributed by atoms with E-state index in [-0.39, 0.29) is 5.82 Å². The second kappa shape index (κ2) is 7.06. The van der Waals surface area contributed by atoms with Gasteiger partial charge in [0.15, 0.2) is 0 Å². The maximum Gasteiger partial charge on any atom is 0.395 e. The van der Waals surface area contributed by atoms with Crippen LogP contribution < -0.4 is 10.3 Å². The Morgan fingerprint density at radius 2 is 2.04 bits per heavy atom. The molecule has 8 heteroatoms. The molecule has 0 spiro atoms. The zero-order chi connectivity index (χ0) is 18.7. The van der Waals surface area contributed by atoms with Gasteiger partial charge >= 0.3 is 11.2 Å². The molecule has 0 aliphatic rings. The summed E-state index contributed by atoms with van der Waals surface area (Å²) in [5.74, 6) is -0.286. The number of H-pyrrole nitrogens is 1. The second-order valence-corrected chi connectivity index (χ2v) is 5.35. The second-order valence-electron chi connectivity index (χ2n) is 5.35. The zero-order valence-corrected chi connectivity index (χ0v) is 13.8. The molecule has 0 radical (unpaired) electrons. The molecule has 1 heterocycles. The van der Waals surface area contributed by atoms with Crippen LogP contribution in [0.4, 0.5) is 5.69 Å². The smallest absolute Gasteiger partial charge is 0.395 e. The minimum atomic E-state index is -1.02. The average Bonchev–Trinajstić information content (AvgIpc) is 2.60. The van der Waals surface area contributed by atoms with Gasteiger partial charge in [-0.15, -0.1) is 0 Å². The number of nitrogens with zero attached hydrogens (tertiary/aromatic N) is 2. The van der Waals surface area contributed by atoms with E-state index in [1.165, 1.54) is 6.08 Å². The maximum absolute atomic E-state index is 11.7. The van der Waals surface area contributed by atoms with E-state index in [0.717, 1.165) is 16.3 Å². The standard InChI is InChI=1S/C18H15N3O5/c1-2-26-14-9-7-11-5-3-4-6-12(11)13(14)8-10-15-19-17(22)16(21(24)25)18(23)20-15/h3-10H,2H2,1H3,(H2,19,20,22,23). The van der Waals surface area contributed by atoms with Crippen LogP contribution in [-0.2, 0) is 0 Å². The molecule has 2 aromatic carbocycles. The van der Waals surface area contributed by atoms with Crippen molar-refractivity contribution in [2.45, 2.75) is 6.92 Å². The van der Waals surface area contributed by atoms with Gasteiger partial charge in [0.25, 0.3) is 5.88 Å². The van der Waals surface area contributed by atoms with Gasteiger partial charge in [-0.1, -0.05) is 30.3 Å². The summed E-state index contributed by atoms with van der Waals surface area (Å²) in [6.07, 6.45) is 3.13. The van der Waals surface area contributed by atoms with Crippen LogP contribution in [0.25, 0.3) is 22.9 Å². The highest BCUT2D eigenvalue weighted by molar-refractivity contribution is 5.95. The lowest BCUT2D eigenvalue weighted by Gasteiger charge is -2.10. The molecule has 3 rings (SSSR count). The molecular weight excluding hydrogens is 338 g/mol. The summed E-state index contributed by atoms with van der Waals surface area (Å²) in [5, 5.41) is 22.3. The Hall–Kier alpha value is -3.68. The van der Waals surface area contributed by atoms with Crippen molar-refractivity contribution in [2.75, 3.05) is 6.61 Å². The first-order valence-electron chi connectivity index (χ1n) is 7.81. The molecule has 0 atom stereocenters. The Balaban J connectivity index is 2.10. The third-order valence-corrected chi connectivity index (χ3v) is 3.72. The van der Waals surface area contributed by atoms with Crippen molar-refractivity contribution in [2.24, 2.45) is 0 Å². The summed E-state index contributed by atoms with van der Waals surface area (Å²) in [4.78, 5) is 27.4. The first-order chi connectivity index (χ1) is 12.5. The Morgan fingerprint density at radius 1 is 1.27 bits per heavy atom. The number of ether oxygens (including phenoxy) is 1. The number of nitro groups is 1. The summed E-state index contributed by atoms with van der Waals surface area (Å²) in [5.41, 5.74) is -1.24. The number of rotatable bonds is 5. The molecule has 1 aromatic heterocycles. The van der Waals surface area contributed by atoms with Gasteiger partial charge < -0.3 is 14.8 Å². The van der Waals surface area contributed by atoms with Gasteiger partial charge in [0.05, 0.1) is 11.5 Å². The number of aromatic nitrogens is 2. The van der Waals surface area contributed by atoms with Crippen molar-refractivity contribution in [3.05, 3.63) is 68.3 Å². The lowest BCUT2D eigenvalue weighted by Crippen LogP contribution is -2.14. The van der Waals surface area contributed by atoms with Gasteiger partial charge in [0, 0.05) is 5.56 Å². The Labute approximate surface area is 147 Å². The minimum absolute atomic E-state index is 0.00603. The molecule has 0 saturated heterocycles. The maximum atomic E-state index is 11.7. The number of aromatic amines is 1. The molecule has 2 N–H and O–H groups in total. The third-order valence-electron chi connectivity index (χ3n) is 3.72. The SMILES string of the molecule is CCOc1ccc2ccccc2c1C=Cc1nc(O)c([N+](=O)[O-])c(=O)[nH]1. The first kappa shape index (κ1) is 17.2. The predicted octanol–water partition coefficient (Wildman–Crippen LogP) is 3.11. The summed E-state index contributed by atoms with van der Waals surface area (Å²) in [6, 6.07) is 11.5. The van der Waals surface area contributed by atoms with Gasteiger partial charge in [-0.2, -0.15) is 4.98 Å². The molecule has 0 saturated carbocycles. The minimum Gasteiger partial charge on any atom is -0.493 e. The highest BCUT2D eigenvalue weighted by atomic mass is 16.6. The average molecular weight is 353 g/mol. The van der Waals surface area contributed by atoms with Crippen molar-refractivity contribution >= 4 is 28.6 Å². The number of nitrogens with one attached hydrogen (secondary N) is 1. The van der Waals surface area contributed by atoms with Gasteiger partial charge in [-0.25, -0.2) is 0 Å². The molecule has 8 nitrogen and oxygen atoms in total. The topological polar surface area (TPSA) is 118 Å². The van der Waals surface area contributed by atoms with E-state index in [1.54, 1.807) is 6.08 Å². The van der Waals surface area contributed by atoms with Crippen molar-refractivity contribution in [1.29, 1.82) is 0 Å². The van der Waals surface area contributed by atoms with Crippen LogP contribution in [0.1, 0.15) is 18.3 Å². The number of benzene rings is 2. The lowest BCUT2D eigenvalue weighted by atomic mass is 10.0.